The van der Waals surface area contributed by atoms with Crippen LogP contribution >= 0.6 is 24.0 Å². The van der Waals surface area contributed by atoms with Crippen molar-refractivity contribution >= 4 is 28.3 Å². The second-order valence-corrected chi connectivity index (χ2v) is 5.14. The number of thioether (sulfide) groups is 1. The summed E-state index contributed by atoms with van der Waals surface area (Å²) in [7, 11) is 1.96. The molecule has 0 radical (unpaired) electrons. The van der Waals surface area contributed by atoms with Crippen LogP contribution in [-0.2, 0) is 0 Å². The Hall–Kier alpha value is -0.0200. The van der Waals surface area contributed by atoms with E-state index in [1.165, 1.54) is 0 Å². The molecule has 56 valence electrons. The maximum Gasteiger partial charge on any atom is 0.141 e. The highest BCUT2D eigenvalue weighted by Crippen LogP contribution is 2.41. The summed E-state index contributed by atoms with van der Waals surface area (Å²) in [5, 5.41) is 0. The molecule has 1 fully saturated rings. The standard InChI is InChI=1S/C7H11NS2/c1-5-7(2,3)10-6(9)8(5)4/h1H2,2-4H3. The molecular formula is C7H11NS2. The molecule has 0 aliphatic carbocycles. The summed E-state index contributed by atoms with van der Waals surface area (Å²) in [6.07, 6.45) is 0. The van der Waals surface area contributed by atoms with E-state index in [1.807, 2.05) is 11.9 Å². The molecule has 1 aliphatic rings. The molecule has 1 heterocycles. The normalized spacial score (nSPS) is 24.1. The van der Waals surface area contributed by atoms with Gasteiger partial charge >= 0.3 is 0 Å². The summed E-state index contributed by atoms with van der Waals surface area (Å²) in [5.41, 5.74) is 1.10. The summed E-state index contributed by atoms with van der Waals surface area (Å²) in [4.78, 5) is 1.97. The van der Waals surface area contributed by atoms with Gasteiger partial charge in [-0.15, -0.1) is 0 Å². The minimum atomic E-state index is 0.103. The zero-order chi connectivity index (χ0) is 7.94. The molecule has 0 aromatic carbocycles. The van der Waals surface area contributed by atoms with E-state index >= 15 is 0 Å². The van der Waals surface area contributed by atoms with Crippen molar-refractivity contribution in [2.75, 3.05) is 7.05 Å². The first-order valence-electron chi connectivity index (χ1n) is 3.11. The number of thiocarbonyl (C=S) groups is 1. The van der Waals surface area contributed by atoms with Crippen LogP contribution in [0.15, 0.2) is 12.3 Å². The summed E-state index contributed by atoms with van der Waals surface area (Å²) in [6.45, 7) is 8.23. The van der Waals surface area contributed by atoms with Crippen molar-refractivity contribution in [3.05, 3.63) is 12.3 Å². The molecule has 0 spiro atoms. The largest absolute Gasteiger partial charge is 0.333 e. The fraction of sp³-hybridized carbons (Fsp3) is 0.571. The van der Waals surface area contributed by atoms with Gasteiger partial charge < -0.3 is 4.90 Å². The molecule has 0 unspecified atom stereocenters. The van der Waals surface area contributed by atoms with Crippen LogP contribution in [0.2, 0.25) is 0 Å². The summed E-state index contributed by atoms with van der Waals surface area (Å²) < 4.78 is 1.03. The first-order chi connectivity index (χ1) is 4.45. The topological polar surface area (TPSA) is 3.24 Å². The molecule has 0 N–H and O–H groups in total. The minimum absolute atomic E-state index is 0.103. The van der Waals surface area contributed by atoms with Gasteiger partial charge in [0, 0.05) is 12.7 Å². The van der Waals surface area contributed by atoms with Gasteiger partial charge in [0.2, 0.25) is 0 Å². The van der Waals surface area contributed by atoms with Gasteiger partial charge in [-0.1, -0.05) is 30.6 Å². The van der Waals surface area contributed by atoms with Gasteiger partial charge in [0.05, 0.1) is 4.75 Å². The SMILES string of the molecule is C=C1N(C)C(=S)SC1(C)C. The van der Waals surface area contributed by atoms with Crippen molar-refractivity contribution in [2.45, 2.75) is 18.6 Å². The Morgan fingerprint density at radius 2 is 2.10 bits per heavy atom. The van der Waals surface area contributed by atoms with Crippen LogP contribution in [0.3, 0.4) is 0 Å². The lowest BCUT2D eigenvalue weighted by Gasteiger charge is -2.18. The number of nitrogens with zero attached hydrogens (tertiary/aromatic N) is 1. The molecule has 0 bridgehead atoms. The summed E-state index contributed by atoms with van der Waals surface area (Å²) >= 11 is 6.79. The lowest BCUT2D eigenvalue weighted by molar-refractivity contribution is 0.591. The zero-order valence-electron chi connectivity index (χ0n) is 6.47. The van der Waals surface area contributed by atoms with E-state index in [4.69, 9.17) is 12.2 Å². The second-order valence-electron chi connectivity index (χ2n) is 2.88. The fourth-order valence-corrected chi connectivity index (χ4v) is 2.53. The van der Waals surface area contributed by atoms with Crippen molar-refractivity contribution in [1.82, 2.24) is 4.90 Å². The van der Waals surface area contributed by atoms with E-state index in [0.717, 1.165) is 10.0 Å². The quantitative estimate of drug-likeness (QED) is 0.517. The average Bonchev–Trinajstić information content (AvgIpc) is 1.95. The molecule has 1 rings (SSSR count). The Balaban J connectivity index is 2.92. The molecule has 0 saturated carbocycles. The molecule has 3 heteroatoms. The lowest BCUT2D eigenvalue weighted by atomic mass is 10.1. The highest BCUT2D eigenvalue weighted by Gasteiger charge is 2.35. The van der Waals surface area contributed by atoms with E-state index < -0.39 is 0 Å². The zero-order valence-corrected chi connectivity index (χ0v) is 8.10. The number of rotatable bonds is 0. The van der Waals surface area contributed by atoms with Crippen molar-refractivity contribution in [3.8, 4) is 0 Å². The van der Waals surface area contributed by atoms with Gasteiger partial charge in [0.1, 0.15) is 4.32 Å². The van der Waals surface area contributed by atoms with Gasteiger partial charge in [-0.05, 0) is 13.8 Å². The fourth-order valence-electron chi connectivity index (χ4n) is 0.860. The summed E-state index contributed by atoms with van der Waals surface area (Å²) in [6, 6.07) is 0. The van der Waals surface area contributed by atoms with Crippen LogP contribution in [0.5, 0.6) is 0 Å². The number of hydrogen-bond acceptors (Lipinski definition) is 2. The molecule has 10 heavy (non-hydrogen) atoms. The van der Waals surface area contributed by atoms with Crippen LogP contribution in [0.1, 0.15) is 13.8 Å². The Labute approximate surface area is 71.5 Å². The van der Waals surface area contributed by atoms with Crippen molar-refractivity contribution in [2.24, 2.45) is 0 Å². The molecule has 0 aromatic heterocycles. The molecule has 0 atom stereocenters. The summed E-state index contributed by atoms with van der Waals surface area (Å²) in [5.74, 6) is 0. The van der Waals surface area contributed by atoms with Crippen LogP contribution in [0.4, 0.5) is 0 Å². The molecular weight excluding hydrogens is 162 g/mol. The van der Waals surface area contributed by atoms with E-state index in [1.54, 1.807) is 11.8 Å². The predicted molar refractivity (Wildman–Crippen MR) is 51.2 cm³/mol. The van der Waals surface area contributed by atoms with Crippen LogP contribution in [-0.4, -0.2) is 21.0 Å². The molecule has 0 aromatic rings. The monoisotopic (exact) mass is 173 g/mol. The third-order valence-electron chi connectivity index (χ3n) is 1.72. The molecule has 1 saturated heterocycles. The third kappa shape index (κ3) is 1.08. The van der Waals surface area contributed by atoms with Crippen LogP contribution in [0, 0.1) is 0 Å². The Morgan fingerprint density at radius 3 is 2.20 bits per heavy atom. The van der Waals surface area contributed by atoms with Crippen LogP contribution in [0.25, 0.3) is 0 Å². The van der Waals surface area contributed by atoms with Crippen molar-refractivity contribution in [1.29, 1.82) is 0 Å². The maximum absolute atomic E-state index is 5.10. The van der Waals surface area contributed by atoms with E-state index in [2.05, 4.69) is 20.4 Å². The second kappa shape index (κ2) is 2.24. The number of hydrogen-bond donors (Lipinski definition) is 0. The lowest BCUT2D eigenvalue weighted by Crippen LogP contribution is -2.20. The van der Waals surface area contributed by atoms with Gasteiger partial charge in [0.15, 0.2) is 0 Å². The molecule has 1 nitrogen and oxygen atoms in total. The van der Waals surface area contributed by atoms with E-state index in [9.17, 15) is 0 Å². The van der Waals surface area contributed by atoms with Crippen molar-refractivity contribution < 1.29 is 0 Å². The Morgan fingerprint density at radius 1 is 1.60 bits per heavy atom. The first kappa shape index (κ1) is 8.08. The van der Waals surface area contributed by atoms with Crippen molar-refractivity contribution in [3.63, 3.8) is 0 Å². The van der Waals surface area contributed by atoms with Gasteiger partial charge in [-0.25, -0.2) is 0 Å². The predicted octanol–water partition coefficient (Wildman–Crippen LogP) is 2.24. The minimum Gasteiger partial charge on any atom is -0.333 e. The third-order valence-corrected chi connectivity index (χ3v) is 3.43. The average molecular weight is 173 g/mol. The molecule has 1 aliphatic heterocycles. The Bertz CT molecular complexity index is 196. The Kier molecular flexibility index (Phi) is 1.81. The smallest absolute Gasteiger partial charge is 0.141 e. The van der Waals surface area contributed by atoms with E-state index in [0.29, 0.717) is 0 Å². The highest BCUT2D eigenvalue weighted by molar-refractivity contribution is 8.24. The van der Waals surface area contributed by atoms with Crippen LogP contribution < -0.4 is 0 Å². The van der Waals surface area contributed by atoms with Gasteiger partial charge in [-0.3, -0.25) is 0 Å². The molecule has 0 amide bonds. The van der Waals surface area contributed by atoms with E-state index in [-0.39, 0.29) is 4.75 Å². The first-order valence-corrected chi connectivity index (χ1v) is 4.34. The van der Waals surface area contributed by atoms with Gasteiger partial charge in [0.25, 0.3) is 0 Å². The maximum atomic E-state index is 5.10. The highest BCUT2D eigenvalue weighted by atomic mass is 32.2. The van der Waals surface area contributed by atoms with Gasteiger partial charge in [-0.2, -0.15) is 0 Å².